The fraction of sp³-hybridized carbons (Fsp3) is 0.429. The van der Waals surface area contributed by atoms with Crippen LogP contribution in [0.4, 0.5) is 5.13 Å². The fourth-order valence-electron chi connectivity index (χ4n) is 0.672. The first-order valence-electron chi connectivity index (χ1n) is 3.72. The Labute approximate surface area is 96.6 Å². The smallest absolute Gasteiger partial charge is 0.316 e. The molecule has 2 N–H and O–H groups in total. The largest absolute Gasteiger partial charge is 0.465 e. The van der Waals surface area contributed by atoms with Gasteiger partial charge in [0, 0.05) is 0 Å². The molecule has 0 aliphatic heterocycles. The van der Waals surface area contributed by atoms with Gasteiger partial charge in [0.25, 0.3) is 0 Å². The SMILES string of the molecule is CCOC(=O)CSc1cnc(N)s1.Cl. The number of nitrogens with zero attached hydrogens (tertiary/aromatic N) is 1. The molecule has 0 spiro atoms. The maximum Gasteiger partial charge on any atom is 0.316 e. The summed E-state index contributed by atoms with van der Waals surface area (Å²) in [5, 5.41) is 0.520. The number of halogens is 1. The van der Waals surface area contributed by atoms with Crippen LogP contribution in [0.25, 0.3) is 0 Å². The van der Waals surface area contributed by atoms with Crippen LogP contribution in [0.3, 0.4) is 0 Å². The lowest BCUT2D eigenvalue weighted by Gasteiger charge is -1.98. The first kappa shape index (κ1) is 13.5. The van der Waals surface area contributed by atoms with Crippen LogP contribution in [0.2, 0.25) is 0 Å². The highest BCUT2D eigenvalue weighted by molar-refractivity contribution is 8.01. The summed E-state index contributed by atoms with van der Waals surface area (Å²) in [7, 11) is 0. The van der Waals surface area contributed by atoms with Gasteiger partial charge in [0.2, 0.25) is 0 Å². The summed E-state index contributed by atoms with van der Waals surface area (Å²) in [6, 6.07) is 0. The van der Waals surface area contributed by atoms with E-state index >= 15 is 0 Å². The van der Waals surface area contributed by atoms with Crippen LogP contribution in [0.15, 0.2) is 10.4 Å². The molecule has 0 saturated heterocycles. The van der Waals surface area contributed by atoms with Crippen LogP contribution in [-0.2, 0) is 9.53 Å². The maximum atomic E-state index is 10.9. The number of thiazole rings is 1. The second-order valence-electron chi connectivity index (χ2n) is 2.11. The van der Waals surface area contributed by atoms with Crippen molar-refractivity contribution in [2.24, 2.45) is 0 Å². The zero-order valence-electron chi connectivity index (χ0n) is 7.56. The highest BCUT2D eigenvalue weighted by Crippen LogP contribution is 2.26. The van der Waals surface area contributed by atoms with Gasteiger partial charge in [-0.1, -0.05) is 11.3 Å². The van der Waals surface area contributed by atoms with Gasteiger partial charge in [-0.3, -0.25) is 4.79 Å². The molecule has 0 aromatic carbocycles. The summed E-state index contributed by atoms with van der Waals surface area (Å²) < 4.78 is 5.70. The fourth-order valence-corrected chi connectivity index (χ4v) is 2.23. The Bertz CT molecular complexity index is 293. The van der Waals surface area contributed by atoms with Crippen molar-refractivity contribution in [3.63, 3.8) is 0 Å². The standard InChI is InChI=1S/C7H10N2O2S2.ClH/c1-2-11-5(10)4-12-6-3-9-7(8)13-6;/h3H,2,4H2,1H3,(H2,8,9);1H. The normalized spacial score (nSPS) is 9.21. The summed E-state index contributed by atoms with van der Waals surface area (Å²) in [4.78, 5) is 14.8. The minimum absolute atomic E-state index is 0. The molecule has 0 saturated carbocycles. The Hall–Kier alpha value is -0.460. The zero-order valence-corrected chi connectivity index (χ0v) is 10.0. The minimum Gasteiger partial charge on any atom is -0.465 e. The van der Waals surface area contributed by atoms with E-state index in [0.29, 0.717) is 17.5 Å². The second-order valence-corrected chi connectivity index (χ2v) is 4.45. The monoisotopic (exact) mass is 254 g/mol. The molecule has 0 aliphatic carbocycles. The quantitative estimate of drug-likeness (QED) is 0.656. The summed E-state index contributed by atoms with van der Waals surface area (Å²) in [5.74, 6) is 0.106. The van der Waals surface area contributed by atoms with Gasteiger partial charge in [0.1, 0.15) is 0 Å². The van der Waals surface area contributed by atoms with Gasteiger partial charge in [0.05, 0.1) is 22.8 Å². The molecule has 0 fully saturated rings. The number of esters is 1. The first-order chi connectivity index (χ1) is 6.22. The Morgan fingerprint density at radius 2 is 2.50 bits per heavy atom. The van der Waals surface area contributed by atoms with Gasteiger partial charge < -0.3 is 10.5 Å². The lowest BCUT2D eigenvalue weighted by atomic mass is 10.8. The van der Waals surface area contributed by atoms with E-state index in [-0.39, 0.29) is 18.4 Å². The lowest BCUT2D eigenvalue weighted by Crippen LogP contribution is -2.05. The minimum atomic E-state index is -0.209. The molecule has 7 heteroatoms. The van der Waals surface area contributed by atoms with Crippen molar-refractivity contribution in [1.82, 2.24) is 4.98 Å². The summed E-state index contributed by atoms with van der Waals surface area (Å²) in [5.41, 5.74) is 5.42. The Balaban J connectivity index is 0.00000169. The van der Waals surface area contributed by atoms with Crippen molar-refractivity contribution >= 4 is 46.6 Å². The van der Waals surface area contributed by atoms with Crippen molar-refractivity contribution in [1.29, 1.82) is 0 Å². The molecule has 14 heavy (non-hydrogen) atoms. The van der Waals surface area contributed by atoms with Gasteiger partial charge in [-0.15, -0.1) is 24.2 Å². The van der Waals surface area contributed by atoms with Crippen molar-refractivity contribution in [2.45, 2.75) is 11.1 Å². The summed E-state index contributed by atoms with van der Waals surface area (Å²) in [6.07, 6.45) is 1.66. The molecule has 0 radical (unpaired) electrons. The van der Waals surface area contributed by atoms with Crippen LogP contribution in [0, 0.1) is 0 Å². The predicted molar refractivity (Wildman–Crippen MR) is 61.1 cm³/mol. The van der Waals surface area contributed by atoms with Crippen molar-refractivity contribution < 1.29 is 9.53 Å². The predicted octanol–water partition coefficient (Wildman–Crippen LogP) is 1.80. The number of anilines is 1. The number of hydrogen-bond donors (Lipinski definition) is 1. The van der Waals surface area contributed by atoms with Crippen LogP contribution >= 0.6 is 35.5 Å². The molecule has 1 aromatic rings. The molecule has 0 unspecified atom stereocenters. The molecular weight excluding hydrogens is 244 g/mol. The Morgan fingerprint density at radius 1 is 1.79 bits per heavy atom. The lowest BCUT2D eigenvalue weighted by molar-refractivity contribution is -0.139. The number of ether oxygens (including phenoxy) is 1. The van der Waals surface area contributed by atoms with E-state index in [2.05, 4.69) is 4.98 Å². The number of thioether (sulfide) groups is 1. The van der Waals surface area contributed by atoms with E-state index < -0.39 is 0 Å². The molecule has 0 amide bonds. The molecule has 80 valence electrons. The molecule has 1 heterocycles. The number of nitrogens with two attached hydrogens (primary N) is 1. The van der Waals surface area contributed by atoms with Crippen LogP contribution in [-0.4, -0.2) is 23.3 Å². The number of hydrogen-bond acceptors (Lipinski definition) is 6. The average molecular weight is 255 g/mol. The molecular formula is C7H11ClN2O2S2. The third-order valence-corrected chi connectivity index (χ3v) is 3.13. The number of carbonyl (C=O) groups is 1. The first-order valence-corrected chi connectivity index (χ1v) is 5.52. The molecule has 1 rings (SSSR count). The summed E-state index contributed by atoms with van der Waals surface area (Å²) in [6.45, 7) is 2.21. The van der Waals surface area contributed by atoms with E-state index in [1.807, 2.05) is 0 Å². The van der Waals surface area contributed by atoms with Crippen LogP contribution in [0.5, 0.6) is 0 Å². The van der Waals surface area contributed by atoms with E-state index in [1.54, 1.807) is 13.1 Å². The van der Waals surface area contributed by atoms with E-state index in [0.717, 1.165) is 4.21 Å². The average Bonchev–Trinajstić information content (AvgIpc) is 2.49. The third-order valence-electron chi connectivity index (χ3n) is 1.14. The van der Waals surface area contributed by atoms with Crippen molar-refractivity contribution in [3.05, 3.63) is 6.20 Å². The number of aromatic nitrogens is 1. The van der Waals surface area contributed by atoms with E-state index in [9.17, 15) is 4.79 Å². The second kappa shape index (κ2) is 6.92. The highest BCUT2D eigenvalue weighted by Gasteiger charge is 2.04. The zero-order chi connectivity index (χ0) is 9.68. The highest BCUT2D eigenvalue weighted by atomic mass is 35.5. The number of carbonyl (C=O) groups excluding carboxylic acids is 1. The molecule has 0 atom stereocenters. The van der Waals surface area contributed by atoms with Gasteiger partial charge >= 0.3 is 5.97 Å². The van der Waals surface area contributed by atoms with Gasteiger partial charge in [-0.05, 0) is 6.92 Å². The summed E-state index contributed by atoms with van der Waals surface area (Å²) >= 11 is 2.76. The van der Waals surface area contributed by atoms with Crippen molar-refractivity contribution in [3.8, 4) is 0 Å². The maximum absolute atomic E-state index is 10.9. The van der Waals surface area contributed by atoms with Crippen molar-refractivity contribution in [2.75, 3.05) is 18.1 Å². The van der Waals surface area contributed by atoms with Crippen LogP contribution < -0.4 is 5.73 Å². The van der Waals surface area contributed by atoms with E-state index in [4.69, 9.17) is 10.5 Å². The topological polar surface area (TPSA) is 65.2 Å². The molecule has 4 nitrogen and oxygen atoms in total. The van der Waals surface area contributed by atoms with Gasteiger partial charge in [-0.2, -0.15) is 0 Å². The third kappa shape index (κ3) is 4.69. The number of rotatable bonds is 4. The molecule has 1 aromatic heterocycles. The van der Waals surface area contributed by atoms with Gasteiger partial charge in [-0.25, -0.2) is 4.98 Å². The van der Waals surface area contributed by atoms with Gasteiger partial charge in [0.15, 0.2) is 5.13 Å². The van der Waals surface area contributed by atoms with Crippen LogP contribution in [0.1, 0.15) is 6.92 Å². The molecule has 0 aliphatic rings. The Morgan fingerprint density at radius 3 is 3.00 bits per heavy atom. The number of nitrogen functional groups attached to an aromatic ring is 1. The molecule has 0 bridgehead atoms. The van der Waals surface area contributed by atoms with E-state index in [1.165, 1.54) is 23.1 Å². The Kier molecular flexibility index (Phi) is 6.69.